The van der Waals surface area contributed by atoms with Crippen LogP contribution in [0.25, 0.3) is 10.8 Å². The van der Waals surface area contributed by atoms with Gasteiger partial charge in [-0.2, -0.15) is 0 Å². The summed E-state index contributed by atoms with van der Waals surface area (Å²) in [7, 11) is 0. The van der Waals surface area contributed by atoms with Crippen LogP contribution in [0.1, 0.15) is 16.4 Å². The molecule has 0 saturated carbocycles. The van der Waals surface area contributed by atoms with Gasteiger partial charge in [0.15, 0.2) is 0 Å². The quantitative estimate of drug-likeness (QED) is 0.298. The van der Waals surface area contributed by atoms with E-state index in [4.69, 9.17) is 0 Å². The minimum atomic E-state index is -0.746. The van der Waals surface area contributed by atoms with Crippen LogP contribution in [0, 0.1) is 5.92 Å². The SMILES string of the molecule is O=C(Cn1c2c(sc1=O)[C@@H](c1cccnc1)[C@@H]1C(=O)N(c3ccccc3)C(=O)[C@@H]1S2)Nc1ccc2ccccc2c1. The predicted molar refractivity (Wildman–Crippen MR) is 159 cm³/mol. The summed E-state index contributed by atoms with van der Waals surface area (Å²) < 4.78 is 1.42. The fraction of sp³-hybridized carbons (Fsp3) is 0.129. The maximum atomic E-state index is 13.8. The van der Waals surface area contributed by atoms with Crippen LogP contribution < -0.4 is 15.1 Å². The molecular formula is C31H22N4O4S2. The van der Waals surface area contributed by atoms with Crippen molar-refractivity contribution in [2.75, 3.05) is 10.2 Å². The lowest BCUT2D eigenvalue weighted by Crippen LogP contribution is -2.33. The molecular weight excluding hydrogens is 556 g/mol. The minimum absolute atomic E-state index is 0.216. The van der Waals surface area contributed by atoms with Crippen LogP contribution in [-0.2, 0) is 20.9 Å². The van der Waals surface area contributed by atoms with Crippen molar-refractivity contribution in [3.8, 4) is 0 Å². The van der Waals surface area contributed by atoms with Crippen molar-refractivity contribution in [3.05, 3.63) is 117 Å². The first-order chi connectivity index (χ1) is 20.0. The summed E-state index contributed by atoms with van der Waals surface area (Å²) in [6.07, 6.45) is 3.31. The molecule has 2 aromatic heterocycles. The highest BCUT2D eigenvalue weighted by atomic mass is 32.2. The molecule has 0 unspecified atom stereocenters. The fourth-order valence-corrected chi connectivity index (χ4v) is 8.39. The van der Waals surface area contributed by atoms with E-state index in [1.54, 1.807) is 42.7 Å². The van der Waals surface area contributed by atoms with Crippen LogP contribution in [0.5, 0.6) is 0 Å². The summed E-state index contributed by atoms with van der Waals surface area (Å²) in [5.74, 6) is -2.25. The lowest BCUT2D eigenvalue weighted by Gasteiger charge is -2.30. The standard InChI is InChI=1S/C31H22N4O4S2/c36-23(33-21-13-12-18-7-4-5-8-19(18)15-21)17-34-30-27(41-31(34)39)24(20-9-6-14-32-16-20)25-26(40-30)29(38)35(28(25)37)22-10-2-1-3-11-22/h1-16,24-26H,17H2,(H,33,36)/t24-,25-,26+/m0/s1. The lowest BCUT2D eigenvalue weighted by molar-refractivity contribution is -0.122. The Morgan fingerprint density at radius 1 is 0.878 bits per heavy atom. The molecule has 41 heavy (non-hydrogen) atoms. The second-order valence-corrected chi connectivity index (χ2v) is 12.0. The van der Waals surface area contributed by atoms with Crippen LogP contribution in [0.15, 0.2) is 107 Å². The number of hydrogen-bond donors (Lipinski definition) is 1. The van der Waals surface area contributed by atoms with Crippen molar-refractivity contribution in [3.63, 3.8) is 0 Å². The van der Waals surface area contributed by atoms with Crippen molar-refractivity contribution in [1.29, 1.82) is 0 Å². The van der Waals surface area contributed by atoms with E-state index in [2.05, 4.69) is 10.3 Å². The van der Waals surface area contributed by atoms with Gasteiger partial charge in [-0.1, -0.05) is 77.7 Å². The fourth-order valence-electron chi connectivity index (χ4n) is 5.62. The number of hydrogen-bond acceptors (Lipinski definition) is 7. The van der Waals surface area contributed by atoms with E-state index in [9.17, 15) is 19.2 Å². The molecule has 0 spiro atoms. The van der Waals surface area contributed by atoms with Crippen molar-refractivity contribution in [2.24, 2.45) is 5.92 Å². The second-order valence-electron chi connectivity index (χ2n) is 9.91. The number of nitrogens with one attached hydrogen (secondary N) is 1. The first-order valence-electron chi connectivity index (χ1n) is 13.0. The van der Waals surface area contributed by atoms with E-state index in [1.807, 2.05) is 54.6 Å². The van der Waals surface area contributed by atoms with Crippen molar-refractivity contribution in [2.45, 2.75) is 22.7 Å². The van der Waals surface area contributed by atoms with Gasteiger partial charge in [0.05, 0.1) is 16.6 Å². The number of carbonyl (C=O) groups excluding carboxylic acids is 3. The molecule has 202 valence electrons. The molecule has 4 heterocycles. The molecule has 3 atom stereocenters. The molecule has 0 bridgehead atoms. The van der Waals surface area contributed by atoms with Gasteiger partial charge in [-0.15, -0.1) is 0 Å². The number of rotatable bonds is 5. The number of amides is 3. The lowest BCUT2D eigenvalue weighted by atomic mass is 9.84. The molecule has 3 amide bonds. The zero-order chi connectivity index (χ0) is 28.1. The topological polar surface area (TPSA) is 101 Å². The first-order valence-corrected chi connectivity index (χ1v) is 14.7. The Morgan fingerprint density at radius 2 is 1.66 bits per heavy atom. The highest BCUT2D eigenvalue weighted by Gasteiger charge is 2.56. The van der Waals surface area contributed by atoms with E-state index in [0.717, 1.165) is 27.7 Å². The van der Waals surface area contributed by atoms with Gasteiger partial charge in [0.25, 0.3) is 0 Å². The first kappa shape index (κ1) is 25.4. The Morgan fingerprint density at radius 3 is 2.44 bits per heavy atom. The van der Waals surface area contributed by atoms with Crippen molar-refractivity contribution < 1.29 is 14.4 Å². The van der Waals surface area contributed by atoms with Gasteiger partial charge in [0.1, 0.15) is 11.8 Å². The smallest absolute Gasteiger partial charge is 0.308 e. The number of imide groups is 1. The summed E-state index contributed by atoms with van der Waals surface area (Å²) in [5.41, 5.74) is 1.88. The number of thioether (sulfide) groups is 1. The van der Waals surface area contributed by atoms with Crippen LogP contribution in [0.4, 0.5) is 11.4 Å². The van der Waals surface area contributed by atoms with Crippen LogP contribution in [-0.4, -0.2) is 32.5 Å². The molecule has 8 nitrogen and oxygen atoms in total. The maximum Gasteiger partial charge on any atom is 0.308 e. The average molecular weight is 579 g/mol. The number of pyridine rings is 1. The van der Waals surface area contributed by atoms with Gasteiger partial charge in [-0.25, -0.2) is 4.90 Å². The molecule has 2 aliphatic rings. The van der Waals surface area contributed by atoms with E-state index in [-0.39, 0.29) is 29.1 Å². The van der Waals surface area contributed by atoms with E-state index in [1.165, 1.54) is 21.2 Å². The number of benzene rings is 3. The van der Waals surface area contributed by atoms with Gasteiger partial charge in [0.2, 0.25) is 17.7 Å². The number of carbonyl (C=O) groups is 3. The summed E-state index contributed by atoms with van der Waals surface area (Å²) in [5, 5.41) is 4.74. The zero-order valence-corrected chi connectivity index (χ0v) is 23.1. The van der Waals surface area contributed by atoms with Crippen LogP contribution in [0.3, 0.4) is 0 Å². The van der Waals surface area contributed by atoms with E-state index >= 15 is 0 Å². The summed E-state index contributed by atoms with van der Waals surface area (Å²) >= 11 is 2.21. The monoisotopic (exact) mass is 578 g/mol. The Labute approximate surface area is 242 Å². The van der Waals surface area contributed by atoms with Gasteiger partial charge in [0, 0.05) is 28.9 Å². The van der Waals surface area contributed by atoms with Crippen molar-refractivity contribution >= 4 is 63.0 Å². The highest BCUT2D eigenvalue weighted by Crippen LogP contribution is 2.53. The zero-order valence-electron chi connectivity index (χ0n) is 21.5. The molecule has 1 N–H and O–H groups in total. The second kappa shape index (κ2) is 10.1. The summed E-state index contributed by atoms with van der Waals surface area (Å²) in [6, 6.07) is 26.0. The normalized spacial score (nSPS) is 19.7. The Hall–Kier alpha value is -4.54. The summed E-state index contributed by atoms with van der Waals surface area (Å²) in [4.78, 5) is 59.9. The number of para-hydroxylation sites is 1. The number of aromatic nitrogens is 2. The van der Waals surface area contributed by atoms with Crippen LogP contribution >= 0.6 is 23.1 Å². The molecule has 5 aromatic rings. The van der Waals surface area contributed by atoms with E-state index < -0.39 is 17.1 Å². The molecule has 1 saturated heterocycles. The van der Waals surface area contributed by atoms with Crippen LogP contribution in [0.2, 0.25) is 0 Å². The maximum absolute atomic E-state index is 13.8. The van der Waals surface area contributed by atoms with Gasteiger partial charge in [-0.3, -0.25) is 28.7 Å². The molecule has 3 aromatic carbocycles. The molecule has 1 fully saturated rings. The van der Waals surface area contributed by atoms with Gasteiger partial charge in [-0.05, 0) is 46.7 Å². The summed E-state index contributed by atoms with van der Waals surface area (Å²) in [6.45, 7) is -0.216. The molecule has 2 aliphatic heterocycles. The van der Waals surface area contributed by atoms with Gasteiger partial charge < -0.3 is 5.32 Å². The third-order valence-corrected chi connectivity index (χ3v) is 10.0. The number of fused-ring (bicyclic) bond motifs is 3. The Kier molecular flexibility index (Phi) is 6.29. The molecule has 0 radical (unpaired) electrons. The number of nitrogens with zero attached hydrogens (tertiary/aromatic N) is 3. The number of thiazole rings is 1. The average Bonchev–Trinajstić information content (AvgIpc) is 3.44. The largest absolute Gasteiger partial charge is 0.325 e. The predicted octanol–water partition coefficient (Wildman–Crippen LogP) is 4.89. The minimum Gasteiger partial charge on any atom is -0.325 e. The third kappa shape index (κ3) is 4.36. The van der Waals surface area contributed by atoms with Gasteiger partial charge >= 0.3 is 4.87 Å². The highest BCUT2D eigenvalue weighted by molar-refractivity contribution is 8.00. The molecule has 10 heteroatoms. The molecule has 7 rings (SSSR count). The Bertz CT molecular complexity index is 1890. The molecule has 0 aliphatic carbocycles. The Balaban J connectivity index is 1.25. The van der Waals surface area contributed by atoms with Crippen molar-refractivity contribution in [1.82, 2.24) is 9.55 Å². The third-order valence-electron chi connectivity index (χ3n) is 7.44. The number of anilines is 2. The van der Waals surface area contributed by atoms with E-state index in [0.29, 0.717) is 21.3 Å².